The number of non-ortho nitro benzene ring substituents is 1. The number of imidazole rings is 1. The van der Waals surface area contributed by atoms with Crippen molar-refractivity contribution in [2.24, 2.45) is 0 Å². The molecule has 8 heteroatoms. The number of benzene rings is 2. The van der Waals surface area contributed by atoms with Gasteiger partial charge >= 0.3 is 0 Å². The summed E-state index contributed by atoms with van der Waals surface area (Å²) in [5, 5.41) is 11.0. The minimum Gasteiger partial charge on any atom is -0.326 e. The molecule has 0 saturated heterocycles. The summed E-state index contributed by atoms with van der Waals surface area (Å²) in [5.74, 6) is 0. The van der Waals surface area contributed by atoms with E-state index < -0.39 is 14.8 Å². The molecule has 1 aliphatic carbocycles. The van der Waals surface area contributed by atoms with Crippen molar-refractivity contribution in [1.82, 2.24) is 9.55 Å². The van der Waals surface area contributed by atoms with E-state index in [9.17, 15) is 18.5 Å². The van der Waals surface area contributed by atoms with E-state index in [1.54, 1.807) is 42.7 Å². The number of nitro groups is 1. The van der Waals surface area contributed by atoms with E-state index in [1.165, 1.54) is 18.6 Å². The lowest BCUT2D eigenvalue weighted by molar-refractivity contribution is -0.384. The Morgan fingerprint density at radius 3 is 2.23 bits per heavy atom. The van der Waals surface area contributed by atoms with Crippen LogP contribution in [-0.4, -0.2) is 22.9 Å². The lowest BCUT2D eigenvalue weighted by atomic mass is 9.95. The molecule has 4 rings (SSSR count). The van der Waals surface area contributed by atoms with Gasteiger partial charge in [0.05, 0.1) is 21.8 Å². The molecule has 0 atom stereocenters. The number of aryl methyl sites for hydroxylation is 1. The summed E-state index contributed by atoms with van der Waals surface area (Å²) < 4.78 is 28.8. The molecule has 0 N–H and O–H groups in total. The summed E-state index contributed by atoms with van der Waals surface area (Å²) in [5.41, 5.74) is 2.04. The van der Waals surface area contributed by atoms with Gasteiger partial charge in [-0.1, -0.05) is 37.0 Å². The first-order chi connectivity index (χ1) is 14.4. The standard InChI is InChI=1S/C22H23N3O4S/c1-16-7-13-20(14-8-16)30(28,29)22-21(17-9-11-19(12-10-17)25(26)27)24(15-23-22)18-5-3-2-4-6-18/h7-15,18H,2-6H2,1H3. The normalized spacial score (nSPS) is 15.2. The van der Waals surface area contributed by atoms with E-state index >= 15 is 0 Å². The maximum Gasteiger partial charge on any atom is 0.269 e. The van der Waals surface area contributed by atoms with Crippen LogP contribution in [0.2, 0.25) is 0 Å². The Morgan fingerprint density at radius 2 is 1.63 bits per heavy atom. The van der Waals surface area contributed by atoms with Crippen LogP contribution in [0.4, 0.5) is 5.69 Å². The molecule has 156 valence electrons. The number of sulfone groups is 1. The molecule has 3 aromatic rings. The van der Waals surface area contributed by atoms with Crippen LogP contribution in [-0.2, 0) is 9.84 Å². The molecule has 7 nitrogen and oxygen atoms in total. The summed E-state index contributed by atoms with van der Waals surface area (Å²) in [6.07, 6.45) is 6.87. The van der Waals surface area contributed by atoms with Crippen molar-refractivity contribution in [2.75, 3.05) is 0 Å². The molecule has 1 aromatic heterocycles. The largest absolute Gasteiger partial charge is 0.326 e. The van der Waals surface area contributed by atoms with E-state index in [0.717, 1.165) is 31.2 Å². The summed E-state index contributed by atoms with van der Waals surface area (Å²) in [6.45, 7) is 1.90. The molecule has 0 unspecified atom stereocenters. The van der Waals surface area contributed by atoms with Crippen molar-refractivity contribution in [1.29, 1.82) is 0 Å². The van der Waals surface area contributed by atoms with Crippen LogP contribution in [0.1, 0.15) is 43.7 Å². The number of rotatable bonds is 5. The van der Waals surface area contributed by atoms with Crippen LogP contribution in [0.3, 0.4) is 0 Å². The van der Waals surface area contributed by atoms with Crippen LogP contribution in [0.25, 0.3) is 11.3 Å². The second-order valence-electron chi connectivity index (χ2n) is 7.72. The summed E-state index contributed by atoms with van der Waals surface area (Å²) in [6, 6.07) is 12.9. The van der Waals surface area contributed by atoms with E-state index in [1.807, 2.05) is 11.5 Å². The number of hydrogen-bond acceptors (Lipinski definition) is 5. The molecular weight excluding hydrogens is 402 g/mol. The molecule has 1 fully saturated rings. The highest BCUT2D eigenvalue weighted by molar-refractivity contribution is 7.91. The summed E-state index contributed by atoms with van der Waals surface area (Å²) in [4.78, 5) is 15.1. The van der Waals surface area contributed by atoms with Gasteiger partial charge < -0.3 is 4.57 Å². The number of nitro benzene ring substituents is 1. The number of aromatic nitrogens is 2. The van der Waals surface area contributed by atoms with Crippen molar-refractivity contribution >= 4 is 15.5 Å². The zero-order valence-corrected chi connectivity index (χ0v) is 17.5. The highest BCUT2D eigenvalue weighted by Gasteiger charge is 2.30. The van der Waals surface area contributed by atoms with Crippen molar-refractivity contribution in [3.05, 3.63) is 70.5 Å². The van der Waals surface area contributed by atoms with Gasteiger partial charge in [-0.2, -0.15) is 0 Å². The topological polar surface area (TPSA) is 95.1 Å². The quantitative estimate of drug-likeness (QED) is 0.418. The maximum absolute atomic E-state index is 13.4. The van der Waals surface area contributed by atoms with Gasteiger partial charge in [0.1, 0.15) is 0 Å². The number of hydrogen-bond donors (Lipinski definition) is 0. The average Bonchev–Trinajstić information content (AvgIpc) is 3.21. The van der Waals surface area contributed by atoms with E-state index in [-0.39, 0.29) is 21.7 Å². The fraction of sp³-hybridized carbons (Fsp3) is 0.318. The molecule has 0 aliphatic heterocycles. The molecule has 0 bridgehead atoms. The van der Waals surface area contributed by atoms with E-state index in [0.29, 0.717) is 11.3 Å². The Bertz CT molecular complexity index is 1160. The third-order valence-corrected chi connectivity index (χ3v) is 7.37. The molecule has 0 radical (unpaired) electrons. The van der Waals surface area contributed by atoms with Gasteiger partial charge in [-0.3, -0.25) is 10.1 Å². The van der Waals surface area contributed by atoms with Gasteiger partial charge in [0, 0.05) is 23.7 Å². The smallest absolute Gasteiger partial charge is 0.269 e. The van der Waals surface area contributed by atoms with Crippen molar-refractivity contribution in [3.63, 3.8) is 0 Å². The average molecular weight is 426 g/mol. The van der Waals surface area contributed by atoms with Crippen molar-refractivity contribution in [3.8, 4) is 11.3 Å². The monoisotopic (exact) mass is 425 g/mol. The van der Waals surface area contributed by atoms with Gasteiger partial charge in [-0.05, 0) is 44.0 Å². The minimum atomic E-state index is -3.84. The molecule has 1 saturated carbocycles. The molecule has 0 amide bonds. The zero-order valence-electron chi connectivity index (χ0n) is 16.7. The SMILES string of the molecule is Cc1ccc(S(=O)(=O)c2ncn(C3CCCCC3)c2-c2ccc([N+](=O)[O-])cc2)cc1. The van der Waals surface area contributed by atoms with Gasteiger partial charge in [0.2, 0.25) is 9.84 Å². The van der Waals surface area contributed by atoms with Crippen molar-refractivity contribution < 1.29 is 13.3 Å². The van der Waals surface area contributed by atoms with E-state index in [4.69, 9.17) is 0 Å². The molecule has 2 aromatic carbocycles. The highest BCUT2D eigenvalue weighted by atomic mass is 32.2. The van der Waals surface area contributed by atoms with Crippen LogP contribution in [0.15, 0.2) is 64.8 Å². The molecule has 30 heavy (non-hydrogen) atoms. The Balaban J connectivity index is 1.87. The van der Waals surface area contributed by atoms with Gasteiger partial charge in [0.15, 0.2) is 5.03 Å². The lowest BCUT2D eigenvalue weighted by Gasteiger charge is -2.25. The molecular formula is C22H23N3O4S. The van der Waals surface area contributed by atoms with Gasteiger partial charge in [-0.25, -0.2) is 13.4 Å². The maximum atomic E-state index is 13.4. The Hall–Kier alpha value is -3.00. The Labute approximate surface area is 175 Å². The fourth-order valence-corrected chi connectivity index (χ4v) is 5.40. The second-order valence-corrected chi connectivity index (χ2v) is 9.58. The first-order valence-corrected chi connectivity index (χ1v) is 11.5. The van der Waals surface area contributed by atoms with Gasteiger partial charge in [0.25, 0.3) is 5.69 Å². The molecule has 0 spiro atoms. The summed E-state index contributed by atoms with van der Waals surface area (Å²) >= 11 is 0. The Kier molecular flexibility index (Phi) is 5.42. The van der Waals surface area contributed by atoms with Crippen molar-refractivity contribution in [2.45, 2.75) is 55.0 Å². The predicted molar refractivity (Wildman–Crippen MR) is 113 cm³/mol. The first kappa shape index (κ1) is 20.3. The molecule has 1 aliphatic rings. The number of nitrogens with zero attached hydrogens (tertiary/aromatic N) is 3. The molecule has 1 heterocycles. The predicted octanol–water partition coefficient (Wildman–Crippen LogP) is 5.10. The van der Waals surface area contributed by atoms with Crippen LogP contribution >= 0.6 is 0 Å². The highest BCUT2D eigenvalue weighted by Crippen LogP contribution is 2.37. The van der Waals surface area contributed by atoms with Gasteiger partial charge in [-0.15, -0.1) is 0 Å². The zero-order chi connectivity index (χ0) is 21.3. The summed E-state index contributed by atoms with van der Waals surface area (Å²) in [7, 11) is -3.84. The second kappa shape index (κ2) is 8.02. The van der Waals surface area contributed by atoms with E-state index in [2.05, 4.69) is 4.98 Å². The van der Waals surface area contributed by atoms with Crippen LogP contribution in [0, 0.1) is 17.0 Å². The lowest BCUT2D eigenvalue weighted by Crippen LogP contribution is -2.14. The minimum absolute atomic E-state index is 0.00854. The van der Waals surface area contributed by atoms with Crippen LogP contribution in [0.5, 0.6) is 0 Å². The Morgan fingerprint density at radius 1 is 1.00 bits per heavy atom. The third kappa shape index (κ3) is 3.75. The van der Waals surface area contributed by atoms with Crippen LogP contribution < -0.4 is 0 Å². The third-order valence-electron chi connectivity index (χ3n) is 5.67. The first-order valence-electron chi connectivity index (χ1n) is 10.0. The fourth-order valence-electron chi connectivity index (χ4n) is 4.02.